The molecule has 4 nitrogen and oxygen atoms in total. The minimum Gasteiger partial charge on any atom is -0.339 e. The SMILES string of the molecule is Cl.NCCc1nc(-c2ccccc2)no1. The summed E-state index contributed by atoms with van der Waals surface area (Å²) in [6.45, 7) is 0.524. The molecule has 0 aliphatic heterocycles. The highest BCUT2D eigenvalue weighted by Crippen LogP contribution is 2.14. The predicted octanol–water partition coefficient (Wildman–Crippen LogP) is 1.66. The Balaban J connectivity index is 0.00000112. The summed E-state index contributed by atoms with van der Waals surface area (Å²) < 4.78 is 5.02. The molecule has 0 aliphatic rings. The Hall–Kier alpha value is -1.39. The lowest BCUT2D eigenvalue weighted by atomic mass is 10.2. The molecular weight excluding hydrogens is 214 g/mol. The summed E-state index contributed by atoms with van der Waals surface area (Å²) in [5.41, 5.74) is 6.34. The van der Waals surface area contributed by atoms with Crippen LogP contribution in [0.3, 0.4) is 0 Å². The van der Waals surface area contributed by atoms with Gasteiger partial charge in [0.05, 0.1) is 0 Å². The third-order valence-electron chi connectivity index (χ3n) is 1.86. The Bertz CT molecular complexity index is 402. The second-order valence-corrected chi connectivity index (χ2v) is 2.92. The number of hydrogen-bond acceptors (Lipinski definition) is 4. The molecule has 15 heavy (non-hydrogen) atoms. The van der Waals surface area contributed by atoms with Crippen molar-refractivity contribution in [3.05, 3.63) is 36.2 Å². The van der Waals surface area contributed by atoms with Gasteiger partial charge in [-0.15, -0.1) is 12.4 Å². The molecule has 0 fully saturated rings. The van der Waals surface area contributed by atoms with E-state index in [-0.39, 0.29) is 12.4 Å². The van der Waals surface area contributed by atoms with Gasteiger partial charge in [0, 0.05) is 18.5 Å². The van der Waals surface area contributed by atoms with E-state index in [9.17, 15) is 0 Å². The van der Waals surface area contributed by atoms with Gasteiger partial charge in [-0.2, -0.15) is 4.98 Å². The van der Waals surface area contributed by atoms with Gasteiger partial charge in [0.1, 0.15) is 0 Å². The smallest absolute Gasteiger partial charge is 0.228 e. The van der Waals surface area contributed by atoms with E-state index in [1.165, 1.54) is 0 Å². The van der Waals surface area contributed by atoms with Crippen molar-refractivity contribution in [2.45, 2.75) is 6.42 Å². The molecule has 0 saturated carbocycles. The summed E-state index contributed by atoms with van der Waals surface area (Å²) in [5.74, 6) is 1.21. The van der Waals surface area contributed by atoms with E-state index in [1.807, 2.05) is 30.3 Å². The van der Waals surface area contributed by atoms with Crippen LogP contribution in [0.15, 0.2) is 34.9 Å². The summed E-state index contributed by atoms with van der Waals surface area (Å²) in [7, 11) is 0. The molecule has 0 atom stereocenters. The van der Waals surface area contributed by atoms with Crippen molar-refractivity contribution in [2.75, 3.05) is 6.54 Å². The first-order valence-electron chi connectivity index (χ1n) is 4.48. The molecule has 0 saturated heterocycles. The monoisotopic (exact) mass is 225 g/mol. The molecule has 0 spiro atoms. The first-order valence-corrected chi connectivity index (χ1v) is 4.48. The number of nitrogens with zero attached hydrogens (tertiary/aromatic N) is 2. The molecule has 2 aromatic rings. The minimum absolute atomic E-state index is 0. The van der Waals surface area contributed by atoms with Gasteiger partial charge in [-0.1, -0.05) is 35.5 Å². The van der Waals surface area contributed by atoms with Gasteiger partial charge in [0.25, 0.3) is 0 Å². The van der Waals surface area contributed by atoms with E-state index in [0.717, 1.165) is 5.56 Å². The highest BCUT2D eigenvalue weighted by molar-refractivity contribution is 5.85. The van der Waals surface area contributed by atoms with Gasteiger partial charge in [0.15, 0.2) is 0 Å². The molecule has 0 unspecified atom stereocenters. The van der Waals surface area contributed by atoms with E-state index in [4.69, 9.17) is 10.3 Å². The lowest BCUT2D eigenvalue weighted by Gasteiger charge is -1.90. The van der Waals surface area contributed by atoms with Gasteiger partial charge in [-0.3, -0.25) is 0 Å². The van der Waals surface area contributed by atoms with Gasteiger partial charge in [0.2, 0.25) is 11.7 Å². The molecule has 0 radical (unpaired) electrons. The van der Waals surface area contributed by atoms with Crippen LogP contribution in [-0.4, -0.2) is 16.7 Å². The maximum absolute atomic E-state index is 5.38. The zero-order valence-electron chi connectivity index (χ0n) is 8.09. The molecule has 1 aromatic carbocycles. The van der Waals surface area contributed by atoms with Crippen LogP contribution < -0.4 is 5.73 Å². The van der Waals surface area contributed by atoms with E-state index in [2.05, 4.69) is 10.1 Å². The Morgan fingerprint density at radius 3 is 2.60 bits per heavy atom. The van der Waals surface area contributed by atoms with Crippen LogP contribution in [0, 0.1) is 0 Å². The van der Waals surface area contributed by atoms with Gasteiger partial charge < -0.3 is 10.3 Å². The number of benzene rings is 1. The van der Waals surface area contributed by atoms with E-state index in [1.54, 1.807) is 0 Å². The molecule has 2 N–H and O–H groups in total. The van der Waals surface area contributed by atoms with Crippen LogP contribution in [0.4, 0.5) is 0 Å². The number of hydrogen-bond donors (Lipinski definition) is 1. The topological polar surface area (TPSA) is 64.9 Å². The van der Waals surface area contributed by atoms with Crippen molar-refractivity contribution < 1.29 is 4.52 Å². The molecule has 0 aliphatic carbocycles. The van der Waals surface area contributed by atoms with E-state index in [0.29, 0.717) is 24.7 Å². The molecule has 5 heteroatoms. The molecule has 2 rings (SSSR count). The van der Waals surface area contributed by atoms with Crippen LogP contribution in [0.1, 0.15) is 5.89 Å². The third-order valence-corrected chi connectivity index (χ3v) is 1.86. The van der Waals surface area contributed by atoms with Crippen LogP contribution in [0.5, 0.6) is 0 Å². The Morgan fingerprint density at radius 2 is 1.93 bits per heavy atom. The summed E-state index contributed by atoms with van der Waals surface area (Å²) in [4.78, 5) is 4.21. The fraction of sp³-hybridized carbons (Fsp3) is 0.200. The van der Waals surface area contributed by atoms with E-state index < -0.39 is 0 Å². The van der Waals surface area contributed by atoms with Crippen LogP contribution in [-0.2, 0) is 6.42 Å². The number of halogens is 1. The fourth-order valence-corrected chi connectivity index (χ4v) is 1.18. The molecule has 0 bridgehead atoms. The van der Waals surface area contributed by atoms with Crippen molar-refractivity contribution in [3.63, 3.8) is 0 Å². The average Bonchev–Trinajstić information content (AvgIpc) is 2.68. The first kappa shape index (κ1) is 11.7. The lowest BCUT2D eigenvalue weighted by Crippen LogP contribution is -2.02. The second kappa shape index (κ2) is 5.48. The van der Waals surface area contributed by atoms with Crippen LogP contribution in [0.2, 0.25) is 0 Å². The van der Waals surface area contributed by atoms with Crippen LogP contribution in [0.25, 0.3) is 11.4 Å². The molecule has 0 amide bonds. The number of nitrogens with two attached hydrogens (primary N) is 1. The molecule has 80 valence electrons. The van der Waals surface area contributed by atoms with Crippen molar-refractivity contribution >= 4 is 12.4 Å². The fourth-order valence-electron chi connectivity index (χ4n) is 1.18. The highest BCUT2D eigenvalue weighted by atomic mass is 35.5. The van der Waals surface area contributed by atoms with Gasteiger partial charge in [-0.25, -0.2) is 0 Å². The molecular formula is C10H12ClN3O. The zero-order valence-corrected chi connectivity index (χ0v) is 8.91. The summed E-state index contributed by atoms with van der Waals surface area (Å²) in [6.07, 6.45) is 0.625. The van der Waals surface area contributed by atoms with Crippen molar-refractivity contribution in [1.29, 1.82) is 0 Å². The van der Waals surface area contributed by atoms with Gasteiger partial charge >= 0.3 is 0 Å². The standard InChI is InChI=1S/C10H11N3O.ClH/c11-7-6-9-12-10(13-14-9)8-4-2-1-3-5-8;/h1-5H,6-7,11H2;1H. The maximum atomic E-state index is 5.38. The van der Waals surface area contributed by atoms with Crippen LogP contribution >= 0.6 is 12.4 Å². The second-order valence-electron chi connectivity index (χ2n) is 2.92. The largest absolute Gasteiger partial charge is 0.339 e. The van der Waals surface area contributed by atoms with Crippen molar-refractivity contribution in [3.8, 4) is 11.4 Å². The Kier molecular flexibility index (Phi) is 4.27. The Labute approximate surface area is 93.9 Å². The van der Waals surface area contributed by atoms with Gasteiger partial charge in [-0.05, 0) is 0 Å². The van der Waals surface area contributed by atoms with Crippen molar-refractivity contribution in [2.24, 2.45) is 5.73 Å². The normalized spacial score (nSPS) is 9.67. The first-order chi connectivity index (χ1) is 6.90. The van der Waals surface area contributed by atoms with E-state index >= 15 is 0 Å². The predicted molar refractivity (Wildman–Crippen MR) is 59.7 cm³/mol. The summed E-state index contributed by atoms with van der Waals surface area (Å²) in [5, 5.41) is 3.86. The maximum Gasteiger partial charge on any atom is 0.228 e. The summed E-state index contributed by atoms with van der Waals surface area (Å²) >= 11 is 0. The zero-order chi connectivity index (χ0) is 9.80. The quantitative estimate of drug-likeness (QED) is 0.863. The highest BCUT2D eigenvalue weighted by Gasteiger charge is 2.06. The molecule has 1 aromatic heterocycles. The average molecular weight is 226 g/mol. The number of aromatic nitrogens is 2. The number of rotatable bonds is 3. The summed E-state index contributed by atoms with van der Waals surface area (Å²) in [6, 6.07) is 9.71. The third kappa shape index (κ3) is 2.78. The minimum atomic E-state index is 0. The molecule has 1 heterocycles. The van der Waals surface area contributed by atoms with Crippen molar-refractivity contribution in [1.82, 2.24) is 10.1 Å². The Morgan fingerprint density at radius 1 is 1.20 bits per heavy atom. The lowest BCUT2D eigenvalue weighted by molar-refractivity contribution is 0.380.